The van der Waals surface area contributed by atoms with Crippen LogP contribution >= 0.6 is 11.6 Å². The summed E-state index contributed by atoms with van der Waals surface area (Å²) < 4.78 is 10.7. The van der Waals surface area contributed by atoms with Gasteiger partial charge in [-0.15, -0.1) is 0 Å². The van der Waals surface area contributed by atoms with Crippen LogP contribution in [-0.2, 0) is 16.1 Å². The summed E-state index contributed by atoms with van der Waals surface area (Å²) in [6.45, 7) is -0.0292. The van der Waals surface area contributed by atoms with Gasteiger partial charge in [0.25, 0.3) is 0 Å². The molecule has 0 atom stereocenters. The van der Waals surface area contributed by atoms with Crippen molar-refractivity contribution in [2.24, 2.45) is 0 Å². The van der Waals surface area contributed by atoms with Gasteiger partial charge >= 0.3 is 5.97 Å². The van der Waals surface area contributed by atoms with E-state index in [1.54, 1.807) is 18.3 Å². The molecule has 24 heavy (non-hydrogen) atoms. The molecule has 0 bridgehead atoms. The molecule has 3 rings (SSSR count). The number of hydrogen-bond acceptors (Lipinski definition) is 4. The predicted molar refractivity (Wildman–Crippen MR) is 92.2 cm³/mol. The summed E-state index contributed by atoms with van der Waals surface area (Å²) in [6.07, 6.45) is 4.54. The lowest BCUT2D eigenvalue weighted by Gasteiger charge is -1.99. The highest BCUT2D eigenvalue weighted by Gasteiger charge is 2.08. The van der Waals surface area contributed by atoms with E-state index in [2.05, 4.69) is 4.98 Å². The zero-order valence-corrected chi connectivity index (χ0v) is 13.4. The summed E-state index contributed by atoms with van der Waals surface area (Å²) in [6, 6.07) is 16.8. The second kappa shape index (κ2) is 7.62. The fourth-order valence-corrected chi connectivity index (χ4v) is 2.26. The Kier molecular flexibility index (Phi) is 5.08. The number of aromatic nitrogens is 1. The van der Waals surface area contributed by atoms with Gasteiger partial charge in [0, 0.05) is 16.7 Å². The van der Waals surface area contributed by atoms with Crippen LogP contribution in [0.15, 0.2) is 71.3 Å². The third kappa shape index (κ3) is 4.12. The Hall–Kier alpha value is -2.85. The number of hydrogen-bond donors (Lipinski definition) is 0. The van der Waals surface area contributed by atoms with E-state index in [0.717, 1.165) is 11.1 Å². The van der Waals surface area contributed by atoms with E-state index in [4.69, 9.17) is 20.8 Å². The summed E-state index contributed by atoms with van der Waals surface area (Å²) in [5, 5.41) is 0.571. The summed E-state index contributed by atoms with van der Waals surface area (Å²) in [7, 11) is 0. The Morgan fingerprint density at radius 1 is 1.12 bits per heavy atom. The number of esters is 1. The Morgan fingerprint density at radius 2 is 1.88 bits per heavy atom. The summed E-state index contributed by atoms with van der Waals surface area (Å²) in [5.41, 5.74) is 1.67. The quantitative estimate of drug-likeness (QED) is 0.497. The van der Waals surface area contributed by atoms with Gasteiger partial charge < -0.3 is 9.15 Å². The topological polar surface area (TPSA) is 52.3 Å². The molecule has 0 aliphatic heterocycles. The largest absolute Gasteiger partial charge is 0.453 e. The van der Waals surface area contributed by atoms with Crippen LogP contribution in [0, 0.1) is 0 Å². The molecule has 0 saturated heterocycles. The minimum Gasteiger partial charge on any atom is -0.453 e. The van der Waals surface area contributed by atoms with E-state index >= 15 is 0 Å². The van der Waals surface area contributed by atoms with E-state index in [0.29, 0.717) is 16.7 Å². The molecule has 0 amide bonds. The summed E-state index contributed by atoms with van der Waals surface area (Å²) >= 11 is 6.01. The van der Waals surface area contributed by atoms with E-state index in [1.807, 2.05) is 48.5 Å². The summed E-state index contributed by atoms with van der Waals surface area (Å²) in [4.78, 5) is 15.9. The first kappa shape index (κ1) is 16.0. The van der Waals surface area contributed by atoms with Crippen molar-refractivity contribution in [2.75, 3.05) is 0 Å². The first-order valence-corrected chi connectivity index (χ1v) is 7.69. The Labute approximate surface area is 144 Å². The van der Waals surface area contributed by atoms with E-state index in [-0.39, 0.29) is 6.61 Å². The standard InChI is InChI=1S/C19H14ClNO3/c20-16-9-5-4-6-14(16)10-11-19(22)23-13-18-21-12-17(24-18)15-7-2-1-3-8-15/h1-12H,13H2/b11-10+. The minimum atomic E-state index is -0.491. The first-order chi connectivity index (χ1) is 11.7. The lowest BCUT2D eigenvalue weighted by atomic mass is 10.2. The SMILES string of the molecule is O=C(/C=C/c1ccccc1Cl)OCc1ncc(-c2ccccc2)o1. The molecule has 0 N–H and O–H groups in total. The Balaban J connectivity index is 1.57. The minimum absolute atomic E-state index is 0.0292. The van der Waals surface area contributed by atoms with Gasteiger partial charge in [0.15, 0.2) is 12.4 Å². The average molecular weight is 340 g/mol. The number of oxazole rings is 1. The predicted octanol–water partition coefficient (Wildman–Crippen LogP) is 4.75. The number of ether oxygens (including phenoxy) is 1. The maximum atomic E-state index is 11.8. The number of halogens is 1. The van der Waals surface area contributed by atoms with Crippen LogP contribution in [-0.4, -0.2) is 11.0 Å². The van der Waals surface area contributed by atoms with Crippen LogP contribution in [0.4, 0.5) is 0 Å². The van der Waals surface area contributed by atoms with Gasteiger partial charge in [-0.3, -0.25) is 0 Å². The van der Waals surface area contributed by atoms with Gasteiger partial charge in [0.1, 0.15) is 0 Å². The van der Waals surface area contributed by atoms with Gasteiger partial charge in [0.2, 0.25) is 5.89 Å². The molecule has 0 aliphatic rings. The number of carbonyl (C=O) groups excluding carboxylic acids is 1. The molecule has 120 valence electrons. The molecule has 0 fully saturated rings. The second-order valence-corrected chi connectivity index (χ2v) is 5.35. The third-order valence-electron chi connectivity index (χ3n) is 3.25. The number of carbonyl (C=O) groups is 1. The Bertz CT molecular complexity index is 856. The lowest BCUT2D eigenvalue weighted by Crippen LogP contribution is -2.00. The zero-order valence-electron chi connectivity index (χ0n) is 12.7. The van der Waals surface area contributed by atoms with Gasteiger partial charge in [-0.25, -0.2) is 9.78 Å². The molecule has 0 unspecified atom stereocenters. The molecule has 0 spiro atoms. The van der Waals surface area contributed by atoms with E-state index in [1.165, 1.54) is 6.08 Å². The van der Waals surface area contributed by atoms with Crippen molar-refractivity contribution in [3.63, 3.8) is 0 Å². The fourth-order valence-electron chi connectivity index (χ4n) is 2.06. The lowest BCUT2D eigenvalue weighted by molar-refractivity contribution is -0.139. The van der Waals surface area contributed by atoms with Crippen molar-refractivity contribution >= 4 is 23.6 Å². The molecular formula is C19H14ClNO3. The van der Waals surface area contributed by atoms with Crippen LogP contribution in [0.25, 0.3) is 17.4 Å². The second-order valence-electron chi connectivity index (χ2n) is 4.95. The van der Waals surface area contributed by atoms with Crippen LogP contribution in [0.5, 0.6) is 0 Å². The van der Waals surface area contributed by atoms with Crippen LogP contribution in [0.2, 0.25) is 5.02 Å². The highest BCUT2D eigenvalue weighted by Crippen LogP contribution is 2.20. The van der Waals surface area contributed by atoms with Crippen molar-refractivity contribution in [3.8, 4) is 11.3 Å². The monoisotopic (exact) mass is 339 g/mol. The van der Waals surface area contributed by atoms with Crippen molar-refractivity contribution < 1.29 is 13.9 Å². The zero-order chi connectivity index (χ0) is 16.8. The van der Waals surface area contributed by atoms with Crippen molar-refractivity contribution in [3.05, 3.63) is 83.3 Å². The summed E-state index contributed by atoms with van der Waals surface area (Å²) in [5.74, 6) is 0.482. The first-order valence-electron chi connectivity index (χ1n) is 7.32. The fraction of sp³-hybridized carbons (Fsp3) is 0.0526. The molecule has 0 radical (unpaired) electrons. The molecule has 3 aromatic rings. The van der Waals surface area contributed by atoms with E-state index in [9.17, 15) is 4.79 Å². The van der Waals surface area contributed by atoms with Gasteiger partial charge in [0.05, 0.1) is 6.20 Å². The van der Waals surface area contributed by atoms with Crippen LogP contribution in [0.1, 0.15) is 11.5 Å². The van der Waals surface area contributed by atoms with Crippen LogP contribution < -0.4 is 0 Å². The van der Waals surface area contributed by atoms with Gasteiger partial charge in [-0.05, 0) is 17.7 Å². The van der Waals surface area contributed by atoms with Crippen LogP contribution in [0.3, 0.4) is 0 Å². The van der Waals surface area contributed by atoms with Gasteiger partial charge in [-0.2, -0.15) is 0 Å². The number of nitrogens with zero attached hydrogens (tertiary/aromatic N) is 1. The van der Waals surface area contributed by atoms with E-state index < -0.39 is 5.97 Å². The highest BCUT2D eigenvalue weighted by atomic mass is 35.5. The highest BCUT2D eigenvalue weighted by molar-refractivity contribution is 6.32. The van der Waals surface area contributed by atoms with Crippen molar-refractivity contribution in [2.45, 2.75) is 6.61 Å². The average Bonchev–Trinajstić information content (AvgIpc) is 3.09. The maximum Gasteiger partial charge on any atom is 0.331 e. The molecule has 2 aromatic carbocycles. The molecule has 4 nitrogen and oxygen atoms in total. The molecule has 0 saturated carbocycles. The molecular weight excluding hydrogens is 326 g/mol. The molecule has 1 aromatic heterocycles. The van der Waals surface area contributed by atoms with Gasteiger partial charge in [-0.1, -0.05) is 60.1 Å². The molecule has 5 heteroatoms. The molecule has 1 heterocycles. The third-order valence-corrected chi connectivity index (χ3v) is 3.60. The maximum absolute atomic E-state index is 11.8. The molecule has 0 aliphatic carbocycles. The van der Waals surface area contributed by atoms with Crippen molar-refractivity contribution in [1.29, 1.82) is 0 Å². The Morgan fingerprint density at radius 3 is 2.67 bits per heavy atom. The van der Waals surface area contributed by atoms with Crippen molar-refractivity contribution in [1.82, 2.24) is 4.98 Å². The number of rotatable bonds is 5. The normalized spacial score (nSPS) is 10.9. The smallest absolute Gasteiger partial charge is 0.331 e. The number of benzene rings is 2.